The minimum atomic E-state index is -0.413. The van der Waals surface area contributed by atoms with Crippen LogP contribution in [0.15, 0.2) is 48.5 Å². The number of hydrogen-bond donors (Lipinski definition) is 2. The Morgan fingerprint density at radius 1 is 1.19 bits per heavy atom. The fourth-order valence-electron chi connectivity index (χ4n) is 2.78. The van der Waals surface area contributed by atoms with E-state index in [-0.39, 0.29) is 6.10 Å². The molecule has 1 heterocycles. The van der Waals surface area contributed by atoms with Gasteiger partial charge < -0.3 is 14.9 Å². The Kier molecular flexibility index (Phi) is 7.18. The van der Waals surface area contributed by atoms with Crippen LogP contribution in [0.1, 0.15) is 5.56 Å². The Balaban J connectivity index is 1.41. The largest absolute Gasteiger partial charge is 0.378 e. The Bertz CT molecular complexity index is 761. The van der Waals surface area contributed by atoms with Gasteiger partial charge in [-0.15, -0.1) is 0 Å². The number of carbonyl (C=O) groups is 1. The van der Waals surface area contributed by atoms with Crippen molar-refractivity contribution >= 4 is 29.2 Å². The van der Waals surface area contributed by atoms with E-state index in [1.165, 1.54) is 0 Å². The molecule has 8 heteroatoms. The zero-order valence-electron chi connectivity index (χ0n) is 14.7. The molecule has 6 nitrogen and oxygen atoms in total. The number of amides is 2. The van der Waals surface area contributed by atoms with Crippen molar-refractivity contribution in [3.63, 3.8) is 0 Å². The minimum absolute atomic E-state index is 0.0935. The Hall–Kier alpha value is -1.99. The average Bonchev–Trinajstić information content (AvgIpc) is 2.69. The lowest BCUT2D eigenvalue weighted by molar-refractivity contribution is -0.0289. The number of nitrogens with one attached hydrogen (secondary N) is 2. The third kappa shape index (κ3) is 6.29. The van der Waals surface area contributed by atoms with E-state index in [2.05, 4.69) is 15.7 Å². The van der Waals surface area contributed by atoms with Gasteiger partial charge in [0.05, 0.1) is 22.8 Å². The SMILES string of the molecule is O=C(NC[C@H]1CN(Cc2ccc(Cl)c(Cl)c2)CCO1)NOc1ccccc1. The lowest BCUT2D eigenvalue weighted by Crippen LogP contribution is -2.49. The highest BCUT2D eigenvalue weighted by Crippen LogP contribution is 2.23. The first-order valence-corrected chi connectivity index (χ1v) is 9.39. The highest BCUT2D eigenvalue weighted by Gasteiger charge is 2.21. The van der Waals surface area contributed by atoms with Crippen LogP contribution in [0.4, 0.5) is 4.79 Å². The molecule has 2 aromatic rings. The number of hydroxylamine groups is 1. The van der Waals surface area contributed by atoms with E-state index in [0.717, 1.165) is 18.7 Å². The molecular weight excluding hydrogens is 389 g/mol. The third-order valence-corrected chi connectivity index (χ3v) is 4.85. The predicted octanol–water partition coefficient (Wildman–Crippen LogP) is 3.49. The van der Waals surface area contributed by atoms with Crippen molar-refractivity contribution in [2.75, 3.05) is 26.2 Å². The number of ether oxygens (including phenoxy) is 1. The van der Waals surface area contributed by atoms with E-state index in [9.17, 15) is 4.79 Å². The normalized spacial score (nSPS) is 17.3. The van der Waals surface area contributed by atoms with Crippen LogP contribution < -0.4 is 15.6 Å². The van der Waals surface area contributed by atoms with Gasteiger partial charge in [0.1, 0.15) is 0 Å². The first-order valence-electron chi connectivity index (χ1n) is 8.64. The first-order chi connectivity index (χ1) is 13.1. The lowest BCUT2D eigenvalue weighted by atomic mass is 10.2. The van der Waals surface area contributed by atoms with Crippen LogP contribution in [0, 0.1) is 0 Å². The highest BCUT2D eigenvalue weighted by molar-refractivity contribution is 6.42. The molecule has 1 saturated heterocycles. The second-order valence-electron chi connectivity index (χ2n) is 6.20. The Labute approximate surface area is 168 Å². The van der Waals surface area contributed by atoms with Gasteiger partial charge >= 0.3 is 6.03 Å². The molecule has 0 bridgehead atoms. The maximum Gasteiger partial charge on any atom is 0.347 e. The van der Waals surface area contributed by atoms with Gasteiger partial charge in [-0.1, -0.05) is 47.5 Å². The van der Waals surface area contributed by atoms with Gasteiger partial charge in [0.2, 0.25) is 0 Å². The van der Waals surface area contributed by atoms with Crippen LogP contribution in [0.2, 0.25) is 10.0 Å². The molecule has 0 aliphatic carbocycles. The van der Waals surface area contributed by atoms with Crippen LogP contribution in [0.3, 0.4) is 0 Å². The molecule has 0 aromatic heterocycles. The van der Waals surface area contributed by atoms with Gasteiger partial charge in [-0.3, -0.25) is 4.90 Å². The Morgan fingerprint density at radius 3 is 2.78 bits per heavy atom. The summed E-state index contributed by atoms with van der Waals surface area (Å²) in [4.78, 5) is 19.3. The second kappa shape index (κ2) is 9.80. The number of halogens is 2. The van der Waals surface area contributed by atoms with Crippen molar-refractivity contribution in [1.29, 1.82) is 0 Å². The van der Waals surface area contributed by atoms with Gasteiger partial charge in [-0.2, -0.15) is 5.48 Å². The molecule has 1 atom stereocenters. The third-order valence-electron chi connectivity index (χ3n) is 4.11. The monoisotopic (exact) mass is 409 g/mol. The summed E-state index contributed by atoms with van der Waals surface area (Å²) in [5, 5.41) is 3.86. The molecule has 1 fully saturated rings. The molecule has 0 spiro atoms. The number of rotatable bonds is 6. The van der Waals surface area contributed by atoms with Crippen LogP contribution >= 0.6 is 23.2 Å². The molecule has 1 aliphatic rings. The summed E-state index contributed by atoms with van der Waals surface area (Å²) in [6.07, 6.45) is -0.0935. The number of morpholine rings is 1. The van der Waals surface area contributed by atoms with E-state index < -0.39 is 6.03 Å². The lowest BCUT2D eigenvalue weighted by Gasteiger charge is -2.33. The smallest absolute Gasteiger partial charge is 0.347 e. The van der Waals surface area contributed by atoms with Crippen molar-refractivity contribution in [3.8, 4) is 5.75 Å². The summed E-state index contributed by atoms with van der Waals surface area (Å²) in [5.74, 6) is 0.564. The van der Waals surface area contributed by atoms with Gasteiger partial charge in [0, 0.05) is 26.2 Å². The summed E-state index contributed by atoms with van der Waals surface area (Å²) in [6, 6.07) is 14.3. The summed E-state index contributed by atoms with van der Waals surface area (Å²) >= 11 is 12.0. The molecular formula is C19H21Cl2N3O3. The van der Waals surface area contributed by atoms with Gasteiger partial charge in [-0.05, 0) is 29.8 Å². The number of benzene rings is 2. The first kappa shape index (κ1) is 19.8. The van der Waals surface area contributed by atoms with Crippen LogP contribution in [0.5, 0.6) is 5.75 Å². The molecule has 1 aliphatic heterocycles. The number of carbonyl (C=O) groups excluding carboxylic acids is 1. The minimum Gasteiger partial charge on any atom is -0.378 e. The maximum atomic E-state index is 11.9. The molecule has 144 valence electrons. The number of nitrogens with zero attached hydrogens (tertiary/aromatic N) is 1. The van der Waals surface area contributed by atoms with E-state index in [1.807, 2.05) is 30.3 Å². The number of urea groups is 1. The molecule has 27 heavy (non-hydrogen) atoms. The standard InChI is InChI=1S/C19H21Cl2N3O3/c20-17-7-6-14(10-18(17)21)12-24-8-9-26-16(13-24)11-22-19(25)23-27-15-4-2-1-3-5-15/h1-7,10,16H,8-9,11-13H2,(H2,22,23,25)/t16-/m0/s1. The van der Waals surface area contributed by atoms with Gasteiger partial charge in [-0.25, -0.2) is 4.79 Å². The fourth-order valence-corrected chi connectivity index (χ4v) is 3.10. The predicted molar refractivity (Wildman–Crippen MR) is 105 cm³/mol. The highest BCUT2D eigenvalue weighted by atomic mass is 35.5. The molecule has 0 unspecified atom stereocenters. The summed E-state index contributed by atoms with van der Waals surface area (Å²) in [7, 11) is 0. The quantitative estimate of drug-likeness (QED) is 0.716. The maximum absolute atomic E-state index is 11.9. The summed E-state index contributed by atoms with van der Waals surface area (Å²) in [5.41, 5.74) is 3.44. The number of hydrogen-bond acceptors (Lipinski definition) is 4. The number of para-hydroxylation sites is 1. The van der Waals surface area contributed by atoms with E-state index in [1.54, 1.807) is 18.2 Å². The second-order valence-corrected chi connectivity index (χ2v) is 7.02. The van der Waals surface area contributed by atoms with Crippen molar-refractivity contribution in [1.82, 2.24) is 15.7 Å². The molecule has 2 amide bonds. The summed E-state index contributed by atoms with van der Waals surface area (Å²) in [6.45, 7) is 3.28. The molecule has 2 aromatic carbocycles. The zero-order valence-corrected chi connectivity index (χ0v) is 16.2. The zero-order chi connectivity index (χ0) is 19.1. The van der Waals surface area contributed by atoms with Crippen molar-refractivity contribution in [2.45, 2.75) is 12.6 Å². The molecule has 3 rings (SSSR count). The topological polar surface area (TPSA) is 62.8 Å². The van der Waals surface area contributed by atoms with Gasteiger partial charge in [0.15, 0.2) is 5.75 Å². The molecule has 0 radical (unpaired) electrons. The van der Waals surface area contributed by atoms with E-state index in [4.69, 9.17) is 32.8 Å². The molecule has 0 saturated carbocycles. The van der Waals surface area contributed by atoms with Crippen molar-refractivity contribution < 1.29 is 14.4 Å². The average molecular weight is 410 g/mol. The summed E-state index contributed by atoms with van der Waals surface area (Å²) < 4.78 is 5.73. The van der Waals surface area contributed by atoms with Crippen LogP contribution in [-0.4, -0.2) is 43.3 Å². The van der Waals surface area contributed by atoms with Crippen LogP contribution in [0.25, 0.3) is 0 Å². The van der Waals surface area contributed by atoms with Crippen LogP contribution in [-0.2, 0) is 11.3 Å². The molecule has 2 N–H and O–H groups in total. The van der Waals surface area contributed by atoms with Crippen molar-refractivity contribution in [3.05, 3.63) is 64.1 Å². The fraction of sp³-hybridized carbons (Fsp3) is 0.316. The van der Waals surface area contributed by atoms with E-state index >= 15 is 0 Å². The van der Waals surface area contributed by atoms with Gasteiger partial charge in [0.25, 0.3) is 0 Å². The Morgan fingerprint density at radius 2 is 2.00 bits per heavy atom. The van der Waals surface area contributed by atoms with E-state index in [0.29, 0.717) is 35.5 Å². The van der Waals surface area contributed by atoms with Crippen molar-refractivity contribution in [2.24, 2.45) is 0 Å².